The van der Waals surface area contributed by atoms with Crippen LogP contribution in [-0.2, 0) is 0 Å². The minimum absolute atomic E-state index is 0.00248. The highest BCUT2D eigenvalue weighted by Gasteiger charge is 2.15. The first-order chi connectivity index (χ1) is 14.5. The van der Waals surface area contributed by atoms with Gasteiger partial charge >= 0.3 is 0 Å². The van der Waals surface area contributed by atoms with E-state index in [-0.39, 0.29) is 5.56 Å². The lowest BCUT2D eigenvalue weighted by Crippen LogP contribution is -2.12. The van der Waals surface area contributed by atoms with E-state index in [1.807, 2.05) is 12.1 Å². The molecule has 0 aliphatic carbocycles. The van der Waals surface area contributed by atoms with E-state index in [1.165, 1.54) is 6.07 Å². The molecule has 150 valence electrons. The molecule has 0 unspecified atom stereocenters. The fourth-order valence-corrected chi connectivity index (χ4v) is 2.85. The maximum atomic E-state index is 13.4. The van der Waals surface area contributed by atoms with Crippen LogP contribution >= 0.6 is 0 Å². The normalized spacial score (nSPS) is 10.6. The van der Waals surface area contributed by atoms with Gasteiger partial charge in [-0.2, -0.15) is 4.98 Å². The van der Waals surface area contributed by atoms with Crippen LogP contribution in [0.4, 0.5) is 14.5 Å². The van der Waals surface area contributed by atoms with Gasteiger partial charge in [0.1, 0.15) is 5.75 Å². The second kappa shape index (κ2) is 8.12. The van der Waals surface area contributed by atoms with E-state index in [4.69, 9.17) is 9.26 Å². The Labute approximate surface area is 170 Å². The summed E-state index contributed by atoms with van der Waals surface area (Å²) in [6, 6.07) is 17.0. The van der Waals surface area contributed by atoms with Crippen LogP contribution in [0, 0.1) is 11.6 Å². The molecule has 3 aromatic carbocycles. The standard InChI is InChI=1S/C22H15F2N3O3/c1-29-19-8-3-2-7-16(19)22-26-20(27-30-22)13-5-4-6-15(11-13)25-21(28)14-9-10-17(23)18(24)12-14/h2-12H,1H3,(H,25,28). The van der Waals surface area contributed by atoms with Crippen molar-refractivity contribution in [3.05, 3.63) is 83.9 Å². The van der Waals surface area contributed by atoms with E-state index in [9.17, 15) is 13.6 Å². The topological polar surface area (TPSA) is 77.2 Å². The van der Waals surface area contributed by atoms with Crippen LogP contribution in [-0.4, -0.2) is 23.2 Å². The second-order valence-corrected chi connectivity index (χ2v) is 6.29. The molecule has 0 fully saturated rings. The van der Waals surface area contributed by atoms with Gasteiger partial charge in [0.25, 0.3) is 11.8 Å². The number of hydrogen-bond donors (Lipinski definition) is 1. The molecule has 0 saturated heterocycles. The maximum Gasteiger partial charge on any atom is 0.262 e. The fraction of sp³-hybridized carbons (Fsp3) is 0.0455. The number of anilines is 1. The first-order valence-electron chi connectivity index (χ1n) is 8.89. The van der Waals surface area contributed by atoms with Gasteiger partial charge in [0.15, 0.2) is 11.6 Å². The summed E-state index contributed by atoms with van der Waals surface area (Å²) < 4.78 is 37.1. The molecular formula is C22H15F2N3O3. The summed E-state index contributed by atoms with van der Waals surface area (Å²) in [7, 11) is 1.55. The molecule has 6 nitrogen and oxygen atoms in total. The number of carbonyl (C=O) groups is 1. The minimum Gasteiger partial charge on any atom is -0.496 e. The SMILES string of the molecule is COc1ccccc1-c1nc(-c2cccc(NC(=O)c3ccc(F)c(F)c3)c2)no1. The molecule has 0 saturated carbocycles. The van der Waals surface area contributed by atoms with Crippen LogP contribution in [0.2, 0.25) is 0 Å². The summed E-state index contributed by atoms with van der Waals surface area (Å²) in [6.45, 7) is 0. The van der Waals surface area contributed by atoms with Crippen molar-refractivity contribution in [1.82, 2.24) is 10.1 Å². The van der Waals surface area contributed by atoms with Crippen molar-refractivity contribution in [3.8, 4) is 28.6 Å². The van der Waals surface area contributed by atoms with Gasteiger partial charge in [-0.3, -0.25) is 4.79 Å². The highest BCUT2D eigenvalue weighted by atomic mass is 19.2. The highest BCUT2D eigenvalue weighted by Crippen LogP contribution is 2.30. The molecule has 0 aliphatic rings. The smallest absolute Gasteiger partial charge is 0.262 e. The molecular weight excluding hydrogens is 392 g/mol. The lowest BCUT2D eigenvalue weighted by molar-refractivity contribution is 0.102. The Kier molecular flexibility index (Phi) is 5.21. The number of para-hydroxylation sites is 1. The largest absolute Gasteiger partial charge is 0.496 e. The molecule has 1 aromatic heterocycles. The van der Waals surface area contributed by atoms with Crippen LogP contribution in [0.5, 0.6) is 5.75 Å². The van der Waals surface area contributed by atoms with Gasteiger partial charge in [0.05, 0.1) is 12.7 Å². The summed E-state index contributed by atoms with van der Waals surface area (Å²) in [4.78, 5) is 16.7. The zero-order chi connectivity index (χ0) is 21.1. The number of hydrogen-bond acceptors (Lipinski definition) is 5. The number of ether oxygens (including phenoxy) is 1. The van der Waals surface area contributed by atoms with Gasteiger partial charge < -0.3 is 14.6 Å². The van der Waals surface area contributed by atoms with Crippen molar-refractivity contribution in [1.29, 1.82) is 0 Å². The number of nitrogens with one attached hydrogen (secondary N) is 1. The zero-order valence-corrected chi connectivity index (χ0v) is 15.7. The van der Waals surface area contributed by atoms with Crippen molar-refractivity contribution in [2.24, 2.45) is 0 Å². The Balaban J connectivity index is 1.57. The average Bonchev–Trinajstić information content (AvgIpc) is 3.26. The summed E-state index contributed by atoms with van der Waals surface area (Å²) in [6.07, 6.45) is 0. The number of methoxy groups -OCH3 is 1. The van der Waals surface area contributed by atoms with Crippen molar-refractivity contribution < 1.29 is 22.8 Å². The van der Waals surface area contributed by atoms with E-state index < -0.39 is 17.5 Å². The Morgan fingerprint density at radius 2 is 1.83 bits per heavy atom. The molecule has 30 heavy (non-hydrogen) atoms. The Hall–Kier alpha value is -4.07. The average molecular weight is 407 g/mol. The predicted molar refractivity (Wildman–Crippen MR) is 106 cm³/mol. The van der Waals surface area contributed by atoms with Crippen LogP contribution in [0.3, 0.4) is 0 Å². The fourth-order valence-electron chi connectivity index (χ4n) is 2.85. The van der Waals surface area contributed by atoms with Gasteiger partial charge in [-0.1, -0.05) is 29.4 Å². The van der Waals surface area contributed by atoms with E-state index >= 15 is 0 Å². The number of benzene rings is 3. The summed E-state index contributed by atoms with van der Waals surface area (Å²) in [5.74, 6) is -1.48. The predicted octanol–water partition coefficient (Wildman–Crippen LogP) is 4.94. The number of nitrogens with zero attached hydrogens (tertiary/aromatic N) is 2. The van der Waals surface area contributed by atoms with Gasteiger partial charge in [-0.25, -0.2) is 8.78 Å². The van der Waals surface area contributed by atoms with E-state index in [0.29, 0.717) is 34.3 Å². The third-order valence-electron chi connectivity index (χ3n) is 4.32. The molecule has 1 heterocycles. The third-order valence-corrected chi connectivity index (χ3v) is 4.32. The first kappa shape index (κ1) is 19.3. The van der Waals surface area contributed by atoms with Gasteiger partial charge in [-0.15, -0.1) is 0 Å². The summed E-state index contributed by atoms with van der Waals surface area (Å²) in [5.41, 5.74) is 1.69. The van der Waals surface area contributed by atoms with E-state index in [2.05, 4.69) is 15.5 Å². The number of halogens is 2. The molecule has 0 aliphatic heterocycles. The van der Waals surface area contributed by atoms with Gasteiger partial charge in [0, 0.05) is 16.8 Å². The molecule has 1 amide bonds. The molecule has 0 spiro atoms. The molecule has 0 radical (unpaired) electrons. The molecule has 4 aromatic rings. The summed E-state index contributed by atoms with van der Waals surface area (Å²) in [5, 5.41) is 6.63. The third kappa shape index (κ3) is 3.88. The van der Waals surface area contributed by atoms with Gasteiger partial charge in [0.2, 0.25) is 5.82 Å². The molecule has 0 atom stereocenters. The van der Waals surface area contributed by atoms with Crippen molar-refractivity contribution in [2.45, 2.75) is 0 Å². The molecule has 1 N–H and O–H groups in total. The zero-order valence-electron chi connectivity index (χ0n) is 15.7. The number of carbonyl (C=O) groups excluding carboxylic acids is 1. The molecule has 4 rings (SSSR count). The van der Waals surface area contributed by atoms with Crippen LogP contribution < -0.4 is 10.1 Å². The second-order valence-electron chi connectivity index (χ2n) is 6.29. The van der Waals surface area contributed by atoms with Crippen molar-refractivity contribution >= 4 is 11.6 Å². The molecule has 8 heteroatoms. The molecule has 0 bridgehead atoms. The van der Waals surface area contributed by atoms with Crippen LogP contribution in [0.1, 0.15) is 10.4 Å². The van der Waals surface area contributed by atoms with Crippen molar-refractivity contribution in [2.75, 3.05) is 12.4 Å². The Bertz CT molecular complexity index is 1220. The lowest BCUT2D eigenvalue weighted by atomic mass is 10.1. The van der Waals surface area contributed by atoms with Crippen LogP contribution in [0.25, 0.3) is 22.8 Å². The van der Waals surface area contributed by atoms with Crippen LogP contribution in [0.15, 0.2) is 71.3 Å². The van der Waals surface area contributed by atoms with Crippen molar-refractivity contribution in [3.63, 3.8) is 0 Å². The monoisotopic (exact) mass is 407 g/mol. The number of aromatic nitrogens is 2. The van der Waals surface area contributed by atoms with Gasteiger partial charge in [-0.05, 0) is 42.5 Å². The number of rotatable bonds is 5. The highest BCUT2D eigenvalue weighted by molar-refractivity contribution is 6.04. The number of amides is 1. The maximum absolute atomic E-state index is 13.4. The lowest BCUT2D eigenvalue weighted by Gasteiger charge is -2.06. The van der Waals surface area contributed by atoms with E-state index in [0.717, 1.165) is 12.1 Å². The Morgan fingerprint density at radius 1 is 1.00 bits per heavy atom. The summed E-state index contributed by atoms with van der Waals surface area (Å²) >= 11 is 0. The first-order valence-corrected chi connectivity index (χ1v) is 8.89. The van der Waals surface area contributed by atoms with E-state index in [1.54, 1.807) is 43.5 Å². The minimum atomic E-state index is -1.09. The Morgan fingerprint density at radius 3 is 2.63 bits per heavy atom. The quantitative estimate of drug-likeness (QED) is 0.507.